The third kappa shape index (κ3) is 3.73. The zero-order chi connectivity index (χ0) is 13.0. The quantitative estimate of drug-likeness (QED) is 0.832. The Balaban J connectivity index is 1.86. The average Bonchev–Trinajstić information content (AvgIpc) is 2.38. The van der Waals surface area contributed by atoms with Crippen molar-refractivity contribution in [1.29, 1.82) is 0 Å². The minimum Gasteiger partial charge on any atom is -0.310 e. The van der Waals surface area contributed by atoms with Crippen LogP contribution in [0.3, 0.4) is 0 Å². The van der Waals surface area contributed by atoms with Gasteiger partial charge in [-0.3, -0.25) is 0 Å². The summed E-state index contributed by atoms with van der Waals surface area (Å²) in [6.45, 7) is 5.28. The van der Waals surface area contributed by atoms with Gasteiger partial charge in [-0.1, -0.05) is 43.0 Å². The van der Waals surface area contributed by atoms with Gasteiger partial charge in [-0.25, -0.2) is 0 Å². The molecule has 0 heterocycles. The van der Waals surface area contributed by atoms with Crippen molar-refractivity contribution in [3.05, 3.63) is 34.3 Å². The topological polar surface area (TPSA) is 12.0 Å². The van der Waals surface area contributed by atoms with E-state index in [0.717, 1.165) is 17.5 Å². The van der Waals surface area contributed by atoms with E-state index in [1.165, 1.54) is 43.2 Å². The van der Waals surface area contributed by atoms with Crippen molar-refractivity contribution in [2.75, 3.05) is 0 Å². The number of hydrogen-bond donors (Lipinski definition) is 1. The van der Waals surface area contributed by atoms with Crippen LogP contribution in [-0.2, 0) is 6.54 Å². The number of halogens is 1. The predicted molar refractivity (Wildman–Crippen MR) is 79.1 cm³/mol. The van der Waals surface area contributed by atoms with Crippen LogP contribution in [0, 0.1) is 12.8 Å². The van der Waals surface area contributed by atoms with Gasteiger partial charge in [-0.05, 0) is 49.8 Å². The molecule has 1 aliphatic carbocycles. The van der Waals surface area contributed by atoms with Gasteiger partial charge in [0.2, 0.25) is 0 Å². The van der Waals surface area contributed by atoms with Crippen molar-refractivity contribution in [3.63, 3.8) is 0 Å². The summed E-state index contributed by atoms with van der Waals surface area (Å²) in [5.74, 6) is 0.850. The van der Waals surface area contributed by atoms with E-state index in [9.17, 15) is 0 Å². The summed E-state index contributed by atoms with van der Waals surface area (Å²) in [6, 6.07) is 6.92. The highest BCUT2D eigenvalue weighted by Gasteiger charge is 2.19. The van der Waals surface area contributed by atoms with Gasteiger partial charge in [0.1, 0.15) is 0 Å². The van der Waals surface area contributed by atoms with E-state index in [4.69, 9.17) is 11.6 Å². The molecule has 0 aromatic heterocycles. The Hall–Kier alpha value is -0.530. The summed E-state index contributed by atoms with van der Waals surface area (Å²) in [6.07, 6.45) is 7.00. The lowest BCUT2D eigenvalue weighted by atomic mass is 9.84. The molecule has 1 fully saturated rings. The molecule has 18 heavy (non-hydrogen) atoms. The van der Waals surface area contributed by atoms with E-state index < -0.39 is 0 Å². The molecule has 0 spiro atoms. The highest BCUT2D eigenvalue weighted by atomic mass is 35.5. The van der Waals surface area contributed by atoms with Gasteiger partial charge >= 0.3 is 0 Å². The van der Waals surface area contributed by atoms with E-state index in [0.29, 0.717) is 6.04 Å². The first-order valence-corrected chi connectivity index (χ1v) is 7.53. The van der Waals surface area contributed by atoms with Gasteiger partial charge in [-0.15, -0.1) is 0 Å². The standard InChI is InChI=1S/C16H24ClN/c1-12-8-9-15(16(17)10-12)11-18-13(2)14-6-4-3-5-7-14/h8-10,13-14,18H,3-7,11H2,1-2H3/t13-/m1/s1. The molecule has 100 valence electrons. The molecule has 1 saturated carbocycles. The first-order valence-electron chi connectivity index (χ1n) is 7.15. The van der Waals surface area contributed by atoms with Crippen molar-refractivity contribution in [3.8, 4) is 0 Å². The lowest BCUT2D eigenvalue weighted by Crippen LogP contribution is -2.34. The Morgan fingerprint density at radius 2 is 2.00 bits per heavy atom. The van der Waals surface area contributed by atoms with Gasteiger partial charge in [0.25, 0.3) is 0 Å². The molecule has 0 amide bonds. The summed E-state index contributed by atoms with van der Waals surface area (Å²) >= 11 is 6.26. The van der Waals surface area contributed by atoms with E-state index in [2.05, 4.69) is 31.3 Å². The van der Waals surface area contributed by atoms with E-state index in [1.54, 1.807) is 0 Å². The molecule has 1 atom stereocenters. The fourth-order valence-corrected chi connectivity index (χ4v) is 3.17. The first-order chi connectivity index (χ1) is 8.66. The summed E-state index contributed by atoms with van der Waals surface area (Å²) in [5, 5.41) is 4.53. The maximum Gasteiger partial charge on any atom is 0.0453 e. The summed E-state index contributed by atoms with van der Waals surface area (Å²) in [5.41, 5.74) is 2.44. The van der Waals surface area contributed by atoms with E-state index >= 15 is 0 Å². The summed E-state index contributed by atoms with van der Waals surface area (Å²) < 4.78 is 0. The van der Waals surface area contributed by atoms with Crippen LogP contribution < -0.4 is 5.32 Å². The SMILES string of the molecule is Cc1ccc(CN[C@H](C)C2CCCCC2)c(Cl)c1. The minimum atomic E-state index is 0.600. The first kappa shape index (κ1) is 13.9. The number of aryl methyl sites for hydroxylation is 1. The molecular formula is C16H24ClN. The molecule has 1 aromatic rings. The highest BCUT2D eigenvalue weighted by Crippen LogP contribution is 2.26. The molecular weight excluding hydrogens is 242 g/mol. The van der Waals surface area contributed by atoms with Crippen LogP contribution >= 0.6 is 11.6 Å². The monoisotopic (exact) mass is 265 g/mol. The molecule has 1 nitrogen and oxygen atoms in total. The van der Waals surface area contributed by atoms with Gasteiger partial charge in [0.05, 0.1) is 0 Å². The van der Waals surface area contributed by atoms with Crippen LogP contribution in [0.1, 0.15) is 50.2 Å². The smallest absolute Gasteiger partial charge is 0.0453 e. The van der Waals surface area contributed by atoms with Crippen molar-refractivity contribution in [2.24, 2.45) is 5.92 Å². The second-order valence-corrected chi connectivity index (χ2v) is 6.07. The molecule has 0 unspecified atom stereocenters. The van der Waals surface area contributed by atoms with Gasteiger partial charge in [0, 0.05) is 17.6 Å². The molecule has 2 heteroatoms. The zero-order valence-corrected chi connectivity index (χ0v) is 12.3. The maximum absolute atomic E-state index is 6.26. The fourth-order valence-electron chi connectivity index (χ4n) is 2.87. The molecule has 1 aromatic carbocycles. The second-order valence-electron chi connectivity index (χ2n) is 5.66. The lowest BCUT2D eigenvalue weighted by Gasteiger charge is -2.28. The number of benzene rings is 1. The van der Waals surface area contributed by atoms with Crippen molar-refractivity contribution < 1.29 is 0 Å². The van der Waals surface area contributed by atoms with Crippen LogP contribution in [0.4, 0.5) is 0 Å². The molecule has 0 aliphatic heterocycles. The predicted octanol–water partition coefficient (Wildman–Crippen LogP) is 4.71. The Kier molecular flexibility index (Phi) is 5.08. The van der Waals surface area contributed by atoms with Gasteiger partial charge in [0.15, 0.2) is 0 Å². The Labute approximate surface area is 116 Å². The van der Waals surface area contributed by atoms with Gasteiger partial charge in [-0.2, -0.15) is 0 Å². The van der Waals surface area contributed by atoms with Crippen molar-refractivity contribution >= 4 is 11.6 Å². The minimum absolute atomic E-state index is 0.600. The zero-order valence-electron chi connectivity index (χ0n) is 11.5. The number of nitrogens with one attached hydrogen (secondary N) is 1. The largest absolute Gasteiger partial charge is 0.310 e. The lowest BCUT2D eigenvalue weighted by molar-refractivity contribution is 0.280. The maximum atomic E-state index is 6.26. The van der Waals surface area contributed by atoms with Crippen LogP contribution in [0.15, 0.2) is 18.2 Å². The van der Waals surface area contributed by atoms with Crippen LogP contribution in [0.5, 0.6) is 0 Å². The molecule has 1 N–H and O–H groups in total. The normalized spacial score (nSPS) is 18.8. The number of hydrogen-bond acceptors (Lipinski definition) is 1. The van der Waals surface area contributed by atoms with E-state index in [1.807, 2.05) is 6.07 Å². The molecule has 1 aliphatic rings. The summed E-state index contributed by atoms with van der Waals surface area (Å²) in [4.78, 5) is 0. The van der Waals surface area contributed by atoms with Crippen molar-refractivity contribution in [2.45, 2.75) is 58.5 Å². The highest BCUT2D eigenvalue weighted by molar-refractivity contribution is 6.31. The summed E-state index contributed by atoms with van der Waals surface area (Å²) in [7, 11) is 0. The van der Waals surface area contributed by atoms with Crippen LogP contribution in [-0.4, -0.2) is 6.04 Å². The van der Waals surface area contributed by atoms with E-state index in [-0.39, 0.29) is 0 Å². The Morgan fingerprint density at radius 1 is 1.28 bits per heavy atom. The fraction of sp³-hybridized carbons (Fsp3) is 0.625. The third-order valence-corrected chi connectivity index (χ3v) is 4.53. The van der Waals surface area contributed by atoms with Gasteiger partial charge < -0.3 is 5.32 Å². The molecule has 0 bridgehead atoms. The Bertz CT molecular complexity index is 383. The molecule has 0 radical (unpaired) electrons. The second kappa shape index (κ2) is 6.58. The number of rotatable bonds is 4. The van der Waals surface area contributed by atoms with Crippen LogP contribution in [0.2, 0.25) is 5.02 Å². The Morgan fingerprint density at radius 3 is 2.67 bits per heavy atom. The average molecular weight is 266 g/mol. The van der Waals surface area contributed by atoms with Crippen LogP contribution in [0.25, 0.3) is 0 Å². The molecule has 2 rings (SSSR count). The molecule has 0 saturated heterocycles. The van der Waals surface area contributed by atoms with Crippen molar-refractivity contribution in [1.82, 2.24) is 5.32 Å². The third-order valence-electron chi connectivity index (χ3n) is 4.18.